The fourth-order valence-electron chi connectivity index (χ4n) is 2.52. The van der Waals surface area contributed by atoms with Crippen molar-refractivity contribution in [2.24, 2.45) is 0 Å². The number of nitrogen functional groups attached to an aromatic ring is 1. The highest BCUT2D eigenvalue weighted by Crippen LogP contribution is 2.30. The number of rotatable bonds is 2. The molecule has 0 amide bonds. The van der Waals surface area contributed by atoms with Crippen LogP contribution in [0.15, 0.2) is 18.3 Å². The Balaban J connectivity index is 2.10. The van der Waals surface area contributed by atoms with Crippen LogP contribution in [0.25, 0.3) is 0 Å². The van der Waals surface area contributed by atoms with E-state index in [-0.39, 0.29) is 0 Å². The molecular formula is C13H20N2O. The van der Waals surface area contributed by atoms with E-state index in [2.05, 4.69) is 4.98 Å². The maximum absolute atomic E-state index is 10.5. The molecule has 0 atom stereocenters. The van der Waals surface area contributed by atoms with Gasteiger partial charge in [0.05, 0.1) is 5.60 Å². The first-order valence-corrected chi connectivity index (χ1v) is 6.11. The zero-order valence-corrected chi connectivity index (χ0v) is 9.65. The average molecular weight is 220 g/mol. The zero-order chi connectivity index (χ0) is 11.4. The van der Waals surface area contributed by atoms with E-state index < -0.39 is 5.60 Å². The molecule has 88 valence electrons. The molecule has 16 heavy (non-hydrogen) atoms. The van der Waals surface area contributed by atoms with E-state index in [4.69, 9.17) is 5.73 Å². The second-order valence-corrected chi connectivity index (χ2v) is 4.86. The Morgan fingerprint density at radius 2 is 1.94 bits per heavy atom. The van der Waals surface area contributed by atoms with Gasteiger partial charge in [0.25, 0.3) is 0 Å². The van der Waals surface area contributed by atoms with Crippen LogP contribution in [0, 0.1) is 0 Å². The summed E-state index contributed by atoms with van der Waals surface area (Å²) in [6, 6.07) is 3.84. The molecule has 0 aromatic carbocycles. The lowest BCUT2D eigenvalue weighted by Gasteiger charge is -2.26. The van der Waals surface area contributed by atoms with E-state index in [9.17, 15) is 5.11 Å². The Morgan fingerprint density at radius 3 is 2.56 bits per heavy atom. The molecule has 1 aromatic heterocycles. The highest BCUT2D eigenvalue weighted by molar-refractivity contribution is 5.39. The number of nitrogens with two attached hydrogens (primary N) is 1. The summed E-state index contributed by atoms with van der Waals surface area (Å²) >= 11 is 0. The Morgan fingerprint density at radius 1 is 1.25 bits per heavy atom. The average Bonchev–Trinajstić information content (AvgIpc) is 2.47. The number of aliphatic hydroxyl groups is 1. The Labute approximate surface area is 96.7 Å². The lowest BCUT2D eigenvalue weighted by Crippen LogP contribution is -2.31. The molecule has 0 radical (unpaired) electrons. The minimum atomic E-state index is -0.562. The van der Waals surface area contributed by atoms with Crippen LogP contribution in [0.4, 0.5) is 5.82 Å². The van der Waals surface area contributed by atoms with Crippen molar-refractivity contribution in [3.05, 3.63) is 23.9 Å². The van der Waals surface area contributed by atoms with Gasteiger partial charge in [-0.05, 0) is 24.5 Å². The number of hydrogen-bond donors (Lipinski definition) is 2. The maximum atomic E-state index is 10.5. The molecule has 0 spiro atoms. The SMILES string of the molecule is Nc1ncccc1CC1(O)CCCCCC1. The van der Waals surface area contributed by atoms with Crippen molar-refractivity contribution in [3.63, 3.8) is 0 Å². The summed E-state index contributed by atoms with van der Waals surface area (Å²) in [4.78, 5) is 4.07. The van der Waals surface area contributed by atoms with Crippen LogP contribution < -0.4 is 5.73 Å². The molecule has 1 heterocycles. The van der Waals surface area contributed by atoms with Crippen molar-refractivity contribution in [1.29, 1.82) is 0 Å². The second-order valence-electron chi connectivity index (χ2n) is 4.86. The highest BCUT2D eigenvalue weighted by atomic mass is 16.3. The molecule has 3 nitrogen and oxygen atoms in total. The van der Waals surface area contributed by atoms with Crippen LogP contribution >= 0.6 is 0 Å². The molecule has 3 N–H and O–H groups in total. The van der Waals surface area contributed by atoms with Gasteiger partial charge in [-0.1, -0.05) is 31.7 Å². The molecule has 1 aliphatic rings. The first kappa shape index (κ1) is 11.4. The van der Waals surface area contributed by atoms with E-state index in [1.807, 2.05) is 12.1 Å². The van der Waals surface area contributed by atoms with Crippen molar-refractivity contribution in [3.8, 4) is 0 Å². The van der Waals surface area contributed by atoms with Crippen molar-refractivity contribution in [2.45, 2.75) is 50.5 Å². The van der Waals surface area contributed by atoms with Gasteiger partial charge >= 0.3 is 0 Å². The molecule has 0 bridgehead atoms. The molecular weight excluding hydrogens is 200 g/mol. The standard InChI is InChI=1S/C13H20N2O/c14-12-11(6-5-9-15-12)10-13(16)7-3-1-2-4-8-13/h5-6,9,16H,1-4,7-8,10H2,(H2,14,15). The summed E-state index contributed by atoms with van der Waals surface area (Å²) in [6.45, 7) is 0. The van der Waals surface area contributed by atoms with Gasteiger partial charge < -0.3 is 10.8 Å². The molecule has 0 unspecified atom stereocenters. The fraction of sp³-hybridized carbons (Fsp3) is 0.615. The summed E-state index contributed by atoms with van der Waals surface area (Å²) in [5, 5.41) is 10.5. The van der Waals surface area contributed by atoms with Gasteiger partial charge in [0.2, 0.25) is 0 Å². The summed E-state index contributed by atoms with van der Waals surface area (Å²) in [6.07, 6.45) is 8.84. The van der Waals surface area contributed by atoms with Crippen molar-refractivity contribution >= 4 is 5.82 Å². The minimum absolute atomic E-state index is 0.556. The second kappa shape index (κ2) is 4.83. The van der Waals surface area contributed by atoms with Gasteiger partial charge in [0.15, 0.2) is 0 Å². The van der Waals surface area contributed by atoms with E-state index in [1.165, 1.54) is 12.8 Å². The van der Waals surface area contributed by atoms with E-state index >= 15 is 0 Å². The van der Waals surface area contributed by atoms with E-state index in [1.54, 1.807) is 6.20 Å². The van der Waals surface area contributed by atoms with E-state index in [0.29, 0.717) is 12.2 Å². The van der Waals surface area contributed by atoms with Gasteiger partial charge in [-0.15, -0.1) is 0 Å². The van der Waals surface area contributed by atoms with Gasteiger partial charge in [-0.25, -0.2) is 4.98 Å². The van der Waals surface area contributed by atoms with Gasteiger partial charge in [0.1, 0.15) is 5.82 Å². The smallest absolute Gasteiger partial charge is 0.126 e. The van der Waals surface area contributed by atoms with E-state index in [0.717, 1.165) is 31.2 Å². The largest absolute Gasteiger partial charge is 0.390 e. The van der Waals surface area contributed by atoms with Crippen LogP contribution in [-0.2, 0) is 6.42 Å². The highest BCUT2D eigenvalue weighted by Gasteiger charge is 2.28. The quantitative estimate of drug-likeness (QED) is 0.752. The molecule has 1 aliphatic carbocycles. The van der Waals surface area contributed by atoms with Crippen molar-refractivity contribution in [1.82, 2.24) is 4.98 Å². The third-order valence-corrected chi connectivity index (χ3v) is 3.48. The van der Waals surface area contributed by atoms with Crippen LogP contribution in [0.5, 0.6) is 0 Å². The van der Waals surface area contributed by atoms with Crippen molar-refractivity contribution < 1.29 is 5.11 Å². The molecule has 3 heteroatoms. The fourth-order valence-corrected chi connectivity index (χ4v) is 2.52. The van der Waals surface area contributed by atoms with Crippen LogP contribution in [0.3, 0.4) is 0 Å². The van der Waals surface area contributed by atoms with Crippen molar-refractivity contribution in [2.75, 3.05) is 5.73 Å². The molecule has 1 saturated carbocycles. The van der Waals surface area contributed by atoms with Crippen LogP contribution in [0.2, 0.25) is 0 Å². The Hall–Kier alpha value is -1.09. The minimum Gasteiger partial charge on any atom is -0.390 e. The van der Waals surface area contributed by atoms with Gasteiger partial charge in [-0.2, -0.15) is 0 Å². The predicted octanol–water partition coefficient (Wildman–Crippen LogP) is 2.29. The topological polar surface area (TPSA) is 59.1 Å². The first-order chi connectivity index (χ1) is 7.70. The number of hydrogen-bond acceptors (Lipinski definition) is 3. The number of nitrogens with zero attached hydrogens (tertiary/aromatic N) is 1. The normalized spacial score (nSPS) is 20.3. The Kier molecular flexibility index (Phi) is 3.44. The third kappa shape index (κ3) is 2.73. The molecule has 2 rings (SSSR count). The Bertz CT molecular complexity index is 344. The van der Waals surface area contributed by atoms with Crippen LogP contribution in [-0.4, -0.2) is 15.7 Å². The predicted molar refractivity (Wildman–Crippen MR) is 65.0 cm³/mol. The maximum Gasteiger partial charge on any atom is 0.126 e. The third-order valence-electron chi connectivity index (χ3n) is 3.48. The lowest BCUT2D eigenvalue weighted by molar-refractivity contribution is 0.0253. The number of aromatic nitrogens is 1. The van der Waals surface area contributed by atoms with Gasteiger partial charge in [0, 0.05) is 12.6 Å². The first-order valence-electron chi connectivity index (χ1n) is 6.11. The zero-order valence-electron chi connectivity index (χ0n) is 9.65. The van der Waals surface area contributed by atoms with Crippen LogP contribution in [0.1, 0.15) is 44.1 Å². The summed E-state index contributed by atoms with van der Waals surface area (Å²) < 4.78 is 0. The summed E-state index contributed by atoms with van der Waals surface area (Å²) in [5.41, 5.74) is 6.23. The molecule has 0 saturated heterocycles. The molecule has 1 fully saturated rings. The number of anilines is 1. The molecule has 1 aromatic rings. The summed E-state index contributed by atoms with van der Waals surface area (Å²) in [7, 11) is 0. The lowest BCUT2D eigenvalue weighted by atomic mass is 9.88. The monoisotopic (exact) mass is 220 g/mol. The summed E-state index contributed by atoms with van der Waals surface area (Å²) in [5.74, 6) is 0.556. The van der Waals surface area contributed by atoms with Gasteiger partial charge in [-0.3, -0.25) is 0 Å². The molecule has 0 aliphatic heterocycles. The number of pyridine rings is 1.